The molecule has 0 aliphatic heterocycles. The van der Waals surface area contributed by atoms with Gasteiger partial charge in [-0.3, -0.25) is 9.88 Å². The lowest BCUT2D eigenvalue weighted by Gasteiger charge is -2.22. The highest BCUT2D eigenvalue weighted by Gasteiger charge is 2.08. The van der Waals surface area contributed by atoms with E-state index in [1.807, 2.05) is 12.3 Å². The Balaban J connectivity index is 2.45. The molecule has 19 heavy (non-hydrogen) atoms. The number of nitriles is 1. The highest BCUT2D eigenvalue weighted by Crippen LogP contribution is 2.12. The molecule has 0 aromatic carbocycles. The fraction of sp³-hybridized carbons (Fsp3) is 0.600. The van der Waals surface area contributed by atoms with E-state index in [1.165, 1.54) is 18.4 Å². The molecule has 3 nitrogen and oxygen atoms in total. The third-order valence-electron chi connectivity index (χ3n) is 3.21. The average molecular weight is 324 g/mol. The predicted octanol–water partition coefficient (Wildman–Crippen LogP) is 3.61. The summed E-state index contributed by atoms with van der Waals surface area (Å²) in [5, 5.41) is 9.81. The Labute approximate surface area is 124 Å². The second-order valence-corrected chi connectivity index (χ2v) is 5.71. The molecule has 0 spiro atoms. The number of rotatable bonds is 9. The molecule has 1 unspecified atom stereocenters. The van der Waals surface area contributed by atoms with Crippen LogP contribution in [0.5, 0.6) is 0 Å². The van der Waals surface area contributed by atoms with Crippen molar-refractivity contribution in [1.29, 1.82) is 5.26 Å². The zero-order valence-corrected chi connectivity index (χ0v) is 13.1. The molecule has 0 saturated heterocycles. The second-order valence-electron chi connectivity index (χ2n) is 4.92. The second kappa shape index (κ2) is 9.94. The standard InChI is InChI=1S/C15H22BrN3/c1-14(5-7-16)6-11-19(10-3-8-17)13-15-4-2-9-18-12-15/h2,4,9,12,14H,3,5-7,10-11,13H2,1H3. The summed E-state index contributed by atoms with van der Waals surface area (Å²) in [6, 6.07) is 6.29. The monoisotopic (exact) mass is 323 g/mol. The van der Waals surface area contributed by atoms with Crippen LogP contribution in [0.4, 0.5) is 0 Å². The third kappa shape index (κ3) is 7.29. The summed E-state index contributed by atoms with van der Waals surface area (Å²) in [7, 11) is 0. The van der Waals surface area contributed by atoms with Gasteiger partial charge in [-0.05, 0) is 36.9 Å². The summed E-state index contributed by atoms with van der Waals surface area (Å²) in [5.41, 5.74) is 1.22. The molecule has 0 radical (unpaired) electrons. The van der Waals surface area contributed by atoms with Gasteiger partial charge in [0.05, 0.1) is 6.07 Å². The van der Waals surface area contributed by atoms with Crippen LogP contribution in [0.25, 0.3) is 0 Å². The van der Waals surface area contributed by atoms with Crippen molar-refractivity contribution >= 4 is 15.9 Å². The van der Waals surface area contributed by atoms with Crippen LogP contribution >= 0.6 is 15.9 Å². The number of halogens is 1. The van der Waals surface area contributed by atoms with Crippen LogP contribution in [0.2, 0.25) is 0 Å². The Hall–Kier alpha value is -0.920. The van der Waals surface area contributed by atoms with Gasteiger partial charge in [0.25, 0.3) is 0 Å². The topological polar surface area (TPSA) is 39.9 Å². The smallest absolute Gasteiger partial charge is 0.0635 e. The summed E-state index contributed by atoms with van der Waals surface area (Å²) in [6.07, 6.45) is 6.67. The third-order valence-corrected chi connectivity index (χ3v) is 3.67. The van der Waals surface area contributed by atoms with Crippen LogP contribution in [0, 0.1) is 17.2 Å². The summed E-state index contributed by atoms with van der Waals surface area (Å²) < 4.78 is 0. The molecule has 0 amide bonds. The van der Waals surface area contributed by atoms with Crippen molar-refractivity contribution in [3.8, 4) is 6.07 Å². The molecule has 0 aliphatic carbocycles. The van der Waals surface area contributed by atoms with Gasteiger partial charge in [0.15, 0.2) is 0 Å². The van der Waals surface area contributed by atoms with Crippen LogP contribution in [-0.4, -0.2) is 28.3 Å². The highest BCUT2D eigenvalue weighted by molar-refractivity contribution is 9.09. The van der Waals surface area contributed by atoms with Gasteiger partial charge in [0, 0.05) is 37.2 Å². The lowest BCUT2D eigenvalue weighted by Crippen LogP contribution is -2.26. The normalized spacial score (nSPS) is 12.3. The Morgan fingerprint density at radius 2 is 2.26 bits per heavy atom. The molecule has 1 atom stereocenters. The fourth-order valence-electron chi connectivity index (χ4n) is 1.96. The van der Waals surface area contributed by atoms with E-state index in [4.69, 9.17) is 5.26 Å². The zero-order chi connectivity index (χ0) is 13.9. The van der Waals surface area contributed by atoms with Crippen molar-refractivity contribution in [3.05, 3.63) is 30.1 Å². The van der Waals surface area contributed by atoms with Crippen molar-refractivity contribution in [1.82, 2.24) is 9.88 Å². The quantitative estimate of drug-likeness (QED) is 0.652. The van der Waals surface area contributed by atoms with Gasteiger partial charge < -0.3 is 0 Å². The maximum absolute atomic E-state index is 8.75. The number of pyridine rings is 1. The molecule has 1 aromatic heterocycles. The van der Waals surface area contributed by atoms with Gasteiger partial charge >= 0.3 is 0 Å². The van der Waals surface area contributed by atoms with E-state index in [-0.39, 0.29) is 0 Å². The van der Waals surface area contributed by atoms with Gasteiger partial charge in [-0.2, -0.15) is 5.26 Å². The Morgan fingerprint density at radius 1 is 1.42 bits per heavy atom. The average Bonchev–Trinajstić information content (AvgIpc) is 2.43. The maximum atomic E-state index is 8.75. The molecule has 4 heteroatoms. The Morgan fingerprint density at radius 3 is 2.89 bits per heavy atom. The maximum Gasteiger partial charge on any atom is 0.0635 e. The van der Waals surface area contributed by atoms with Crippen LogP contribution in [0.1, 0.15) is 31.7 Å². The molecule has 0 aliphatic rings. The van der Waals surface area contributed by atoms with Gasteiger partial charge in [-0.25, -0.2) is 0 Å². The summed E-state index contributed by atoms with van der Waals surface area (Å²) in [6.45, 7) is 5.06. The minimum atomic E-state index is 0.590. The Kier molecular flexibility index (Phi) is 8.44. The summed E-state index contributed by atoms with van der Waals surface area (Å²) in [5.74, 6) is 0.720. The van der Waals surface area contributed by atoms with E-state index in [2.05, 4.69) is 44.9 Å². The molecular weight excluding hydrogens is 302 g/mol. The van der Waals surface area contributed by atoms with Crippen LogP contribution < -0.4 is 0 Å². The van der Waals surface area contributed by atoms with Crippen LogP contribution in [0.3, 0.4) is 0 Å². The van der Waals surface area contributed by atoms with E-state index >= 15 is 0 Å². The molecule has 0 bridgehead atoms. The first-order chi connectivity index (χ1) is 9.26. The zero-order valence-electron chi connectivity index (χ0n) is 11.6. The first-order valence-electron chi connectivity index (χ1n) is 6.80. The summed E-state index contributed by atoms with van der Waals surface area (Å²) in [4.78, 5) is 6.50. The molecule has 1 heterocycles. The number of hydrogen-bond donors (Lipinski definition) is 0. The van der Waals surface area contributed by atoms with E-state index in [1.54, 1.807) is 6.20 Å². The van der Waals surface area contributed by atoms with Crippen molar-refractivity contribution in [3.63, 3.8) is 0 Å². The molecule has 1 rings (SSSR count). The van der Waals surface area contributed by atoms with E-state index in [9.17, 15) is 0 Å². The van der Waals surface area contributed by atoms with E-state index in [0.717, 1.165) is 30.9 Å². The molecule has 0 saturated carbocycles. The van der Waals surface area contributed by atoms with Gasteiger partial charge in [0.1, 0.15) is 0 Å². The first kappa shape index (κ1) is 16.1. The van der Waals surface area contributed by atoms with E-state index < -0.39 is 0 Å². The molecule has 0 N–H and O–H groups in total. The van der Waals surface area contributed by atoms with Crippen molar-refractivity contribution < 1.29 is 0 Å². The SMILES string of the molecule is CC(CCBr)CCN(CCC#N)Cc1cccnc1. The van der Waals surface area contributed by atoms with Gasteiger partial charge in [-0.15, -0.1) is 0 Å². The lowest BCUT2D eigenvalue weighted by atomic mass is 10.0. The fourth-order valence-corrected chi connectivity index (χ4v) is 2.74. The first-order valence-corrected chi connectivity index (χ1v) is 7.92. The molecule has 0 fully saturated rings. The largest absolute Gasteiger partial charge is 0.298 e. The molecule has 1 aromatic rings. The van der Waals surface area contributed by atoms with Gasteiger partial charge in [-0.1, -0.05) is 28.9 Å². The highest BCUT2D eigenvalue weighted by atomic mass is 79.9. The molecular formula is C15H22BrN3. The van der Waals surface area contributed by atoms with Gasteiger partial charge in [0.2, 0.25) is 0 Å². The van der Waals surface area contributed by atoms with Crippen molar-refractivity contribution in [2.45, 2.75) is 32.7 Å². The van der Waals surface area contributed by atoms with E-state index in [0.29, 0.717) is 6.42 Å². The number of nitrogens with zero attached hydrogens (tertiary/aromatic N) is 3. The number of aromatic nitrogens is 1. The van der Waals surface area contributed by atoms with Crippen molar-refractivity contribution in [2.24, 2.45) is 5.92 Å². The number of alkyl halides is 1. The van der Waals surface area contributed by atoms with Crippen molar-refractivity contribution in [2.75, 3.05) is 18.4 Å². The minimum absolute atomic E-state index is 0.590. The Bertz CT molecular complexity index is 375. The minimum Gasteiger partial charge on any atom is -0.298 e. The predicted molar refractivity (Wildman–Crippen MR) is 81.9 cm³/mol. The van der Waals surface area contributed by atoms with Crippen LogP contribution in [-0.2, 0) is 6.54 Å². The molecule has 104 valence electrons. The number of hydrogen-bond acceptors (Lipinski definition) is 3. The summed E-state index contributed by atoms with van der Waals surface area (Å²) >= 11 is 3.49. The lowest BCUT2D eigenvalue weighted by molar-refractivity contribution is 0.250. The van der Waals surface area contributed by atoms with Crippen LogP contribution in [0.15, 0.2) is 24.5 Å².